The molecule has 0 aliphatic carbocycles. The topological polar surface area (TPSA) is 94.1 Å². The molecule has 0 bridgehead atoms. The maximum atomic E-state index is 12.2. The third-order valence-electron chi connectivity index (χ3n) is 5.05. The highest BCUT2D eigenvalue weighted by Gasteiger charge is 2.50. The van der Waals surface area contributed by atoms with E-state index in [1.165, 1.54) is 0 Å². The first-order valence-corrected chi connectivity index (χ1v) is 9.78. The number of hydrogen-bond donors (Lipinski definition) is 1. The molecule has 0 aromatic carbocycles. The molecule has 2 aromatic rings. The van der Waals surface area contributed by atoms with Crippen molar-refractivity contribution in [3.8, 4) is 11.3 Å². The van der Waals surface area contributed by atoms with Gasteiger partial charge in [-0.15, -0.1) is 0 Å². The van der Waals surface area contributed by atoms with Gasteiger partial charge in [0.1, 0.15) is 0 Å². The first-order valence-electron chi connectivity index (χ1n) is 8.06. The minimum absolute atomic E-state index is 0.0495. The summed E-state index contributed by atoms with van der Waals surface area (Å²) >= 11 is 0. The van der Waals surface area contributed by atoms with Crippen LogP contribution in [0.25, 0.3) is 11.3 Å². The van der Waals surface area contributed by atoms with E-state index in [0.29, 0.717) is 13.1 Å². The Kier molecular flexibility index (Phi) is 3.70. The zero-order chi connectivity index (χ0) is 16.9. The summed E-state index contributed by atoms with van der Waals surface area (Å²) in [5.41, 5.74) is 8.99. The molecule has 7 nitrogen and oxygen atoms in total. The predicted octanol–water partition coefficient (Wildman–Crippen LogP) is 0.0382. The largest absolute Gasteiger partial charge is 0.326 e. The molecule has 0 spiro atoms. The quantitative estimate of drug-likeness (QED) is 0.842. The van der Waals surface area contributed by atoms with Crippen LogP contribution in [-0.2, 0) is 23.4 Å². The smallest absolute Gasteiger partial charge is 0.156 e. The summed E-state index contributed by atoms with van der Waals surface area (Å²) in [4.78, 5) is 6.34. The molecule has 4 heterocycles. The van der Waals surface area contributed by atoms with E-state index in [-0.39, 0.29) is 23.0 Å². The van der Waals surface area contributed by atoms with Crippen LogP contribution < -0.4 is 5.73 Å². The fourth-order valence-corrected chi connectivity index (χ4v) is 6.25. The zero-order valence-electron chi connectivity index (χ0n) is 13.5. The van der Waals surface area contributed by atoms with Gasteiger partial charge in [-0.3, -0.25) is 14.6 Å². The lowest BCUT2D eigenvalue weighted by molar-refractivity contribution is 0.308. The van der Waals surface area contributed by atoms with Gasteiger partial charge >= 0.3 is 0 Å². The van der Waals surface area contributed by atoms with Crippen molar-refractivity contribution in [2.75, 3.05) is 18.8 Å². The number of aromatic nitrogens is 3. The lowest BCUT2D eigenvalue weighted by atomic mass is 10.0. The minimum Gasteiger partial charge on any atom is -0.326 e. The third kappa shape index (κ3) is 2.64. The molecule has 0 amide bonds. The molecule has 24 heavy (non-hydrogen) atoms. The summed E-state index contributed by atoms with van der Waals surface area (Å²) in [7, 11) is -1.16. The normalized spacial score (nSPS) is 29.0. The fraction of sp³-hybridized carbons (Fsp3) is 0.500. The van der Waals surface area contributed by atoms with Crippen LogP contribution in [0.2, 0.25) is 0 Å². The maximum absolute atomic E-state index is 12.2. The highest BCUT2D eigenvalue weighted by molar-refractivity contribution is 7.92. The van der Waals surface area contributed by atoms with Gasteiger partial charge in [-0.25, -0.2) is 8.42 Å². The number of likely N-dealkylation sites (tertiary alicyclic amines) is 1. The van der Waals surface area contributed by atoms with E-state index in [1.807, 2.05) is 25.4 Å². The Balaban J connectivity index is 1.58. The van der Waals surface area contributed by atoms with Crippen LogP contribution in [0.4, 0.5) is 0 Å². The lowest BCUT2D eigenvalue weighted by Crippen LogP contribution is -2.33. The number of nitrogens with zero attached hydrogens (tertiary/aromatic N) is 4. The Bertz CT molecular complexity index is 849. The Labute approximate surface area is 141 Å². The van der Waals surface area contributed by atoms with Crippen LogP contribution in [0.15, 0.2) is 30.7 Å². The van der Waals surface area contributed by atoms with E-state index in [4.69, 9.17) is 5.73 Å². The van der Waals surface area contributed by atoms with Gasteiger partial charge < -0.3 is 5.73 Å². The summed E-state index contributed by atoms with van der Waals surface area (Å²) in [5.74, 6) is 0.179. The summed E-state index contributed by atoms with van der Waals surface area (Å²) in [6, 6.07) is 3.63. The monoisotopic (exact) mass is 347 g/mol. The van der Waals surface area contributed by atoms with Crippen LogP contribution in [0, 0.1) is 5.92 Å². The molecule has 2 N–H and O–H groups in total. The standard InChI is InChI=1S/C16H21N5O2S/c1-20-6-12(16(19-20)11-3-2-4-18-5-11)7-21-8-13-14(17)10-24(22,23)15(13)9-21/h2-6,13-15H,7-10,17H2,1H3/t13-,14+,15-/m1/s1. The molecule has 2 aromatic heterocycles. The van der Waals surface area contributed by atoms with Crippen molar-refractivity contribution in [2.45, 2.75) is 17.8 Å². The number of sulfone groups is 1. The van der Waals surface area contributed by atoms with Crippen molar-refractivity contribution in [1.82, 2.24) is 19.7 Å². The number of aryl methyl sites for hydroxylation is 1. The molecular formula is C16H21N5O2S. The Morgan fingerprint density at radius 1 is 1.38 bits per heavy atom. The second-order valence-electron chi connectivity index (χ2n) is 6.81. The predicted molar refractivity (Wildman–Crippen MR) is 90.8 cm³/mol. The molecule has 0 unspecified atom stereocenters. The first kappa shape index (κ1) is 15.7. The SMILES string of the molecule is Cn1cc(CN2C[C@H]3[C@@H](C2)S(=O)(=O)C[C@@H]3N)c(-c2cccnc2)n1. The lowest BCUT2D eigenvalue weighted by Gasteiger charge is -2.17. The van der Waals surface area contributed by atoms with Gasteiger partial charge in [0.2, 0.25) is 0 Å². The van der Waals surface area contributed by atoms with Gasteiger partial charge in [0, 0.05) is 68.4 Å². The molecule has 8 heteroatoms. The van der Waals surface area contributed by atoms with Crippen molar-refractivity contribution < 1.29 is 8.42 Å². The van der Waals surface area contributed by atoms with Crippen LogP contribution in [0.3, 0.4) is 0 Å². The molecule has 0 saturated carbocycles. The molecular weight excluding hydrogens is 326 g/mol. The van der Waals surface area contributed by atoms with E-state index in [1.54, 1.807) is 17.1 Å². The molecule has 128 valence electrons. The Morgan fingerprint density at radius 2 is 2.21 bits per heavy atom. The number of nitrogens with two attached hydrogens (primary N) is 1. The first-order chi connectivity index (χ1) is 11.4. The molecule has 0 radical (unpaired) electrons. The second-order valence-corrected chi connectivity index (χ2v) is 9.07. The number of hydrogen-bond acceptors (Lipinski definition) is 6. The molecule has 2 saturated heterocycles. The number of rotatable bonds is 3. The van der Waals surface area contributed by atoms with Crippen LogP contribution in [-0.4, -0.2) is 58.2 Å². The van der Waals surface area contributed by atoms with E-state index in [0.717, 1.165) is 23.4 Å². The van der Waals surface area contributed by atoms with E-state index >= 15 is 0 Å². The summed E-state index contributed by atoms with van der Waals surface area (Å²) in [6.45, 7) is 1.96. The van der Waals surface area contributed by atoms with Gasteiger partial charge in [0.15, 0.2) is 9.84 Å². The van der Waals surface area contributed by atoms with Crippen molar-refractivity contribution in [3.63, 3.8) is 0 Å². The number of pyridine rings is 1. The fourth-order valence-electron chi connectivity index (χ4n) is 3.96. The van der Waals surface area contributed by atoms with Gasteiger partial charge in [-0.05, 0) is 12.1 Å². The highest BCUT2D eigenvalue weighted by atomic mass is 32.2. The van der Waals surface area contributed by atoms with Crippen LogP contribution >= 0.6 is 0 Å². The molecule has 2 fully saturated rings. The van der Waals surface area contributed by atoms with Gasteiger partial charge in [-0.2, -0.15) is 5.10 Å². The van der Waals surface area contributed by atoms with Gasteiger partial charge in [0.05, 0.1) is 16.7 Å². The molecule has 2 aliphatic rings. The van der Waals surface area contributed by atoms with E-state index in [2.05, 4.69) is 15.0 Å². The molecule has 3 atom stereocenters. The summed E-state index contributed by atoms with van der Waals surface area (Å²) in [6.07, 6.45) is 5.52. The Hall–Kier alpha value is -1.77. The van der Waals surface area contributed by atoms with Gasteiger partial charge in [0.25, 0.3) is 0 Å². The van der Waals surface area contributed by atoms with E-state index < -0.39 is 9.84 Å². The highest BCUT2D eigenvalue weighted by Crippen LogP contribution is 2.34. The maximum Gasteiger partial charge on any atom is 0.156 e. The summed E-state index contributed by atoms with van der Waals surface area (Å²) < 4.78 is 26.2. The average Bonchev–Trinajstić information content (AvgIpc) is 3.17. The van der Waals surface area contributed by atoms with Crippen LogP contribution in [0.5, 0.6) is 0 Å². The summed E-state index contributed by atoms with van der Waals surface area (Å²) in [5, 5.41) is 4.23. The van der Waals surface area contributed by atoms with Gasteiger partial charge in [-0.1, -0.05) is 0 Å². The van der Waals surface area contributed by atoms with Crippen molar-refractivity contribution in [1.29, 1.82) is 0 Å². The van der Waals surface area contributed by atoms with Crippen molar-refractivity contribution >= 4 is 9.84 Å². The van der Waals surface area contributed by atoms with E-state index in [9.17, 15) is 8.42 Å². The molecule has 4 rings (SSSR count). The minimum atomic E-state index is -3.05. The Morgan fingerprint density at radius 3 is 2.92 bits per heavy atom. The third-order valence-corrected chi connectivity index (χ3v) is 7.32. The number of fused-ring (bicyclic) bond motifs is 1. The second kappa shape index (κ2) is 5.65. The van der Waals surface area contributed by atoms with Crippen molar-refractivity contribution in [2.24, 2.45) is 18.7 Å². The van der Waals surface area contributed by atoms with Crippen molar-refractivity contribution in [3.05, 3.63) is 36.3 Å². The molecule has 2 aliphatic heterocycles. The zero-order valence-corrected chi connectivity index (χ0v) is 14.4. The average molecular weight is 347 g/mol. The van der Waals surface area contributed by atoms with Crippen LogP contribution in [0.1, 0.15) is 5.56 Å².